The number of aliphatic imine (C=N–C) groups is 1. The van der Waals surface area contributed by atoms with Crippen molar-refractivity contribution in [3.63, 3.8) is 0 Å². The van der Waals surface area contributed by atoms with Gasteiger partial charge in [-0.15, -0.1) is 0 Å². The van der Waals surface area contributed by atoms with E-state index in [2.05, 4.69) is 33.4 Å². The zero-order chi connectivity index (χ0) is 26.7. The average Bonchev–Trinajstić information content (AvgIpc) is 3.21. The van der Waals surface area contributed by atoms with Gasteiger partial charge in [0.25, 0.3) is 5.91 Å². The van der Waals surface area contributed by atoms with E-state index in [9.17, 15) is 9.59 Å². The third-order valence-corrected chi connectivity index (χ3v) is 7.43. The van der Waals surface area contributed by atoms with Crippen molar-refractivity contribution in [1.82, 2.24) is 4.90 Å². The largest absolute Gasteiger partial charge is 1.00 e. The van der Waals surface area contributed by atoms with E-state index in [0.717, 1.165) is 28.6 Å². The van der Waals surface area contributed by atoms with Crippen LogP contribution in [0.2, 0.25) is 0 Å². The number of carbonyl (C=O) groups excluding carboxylic acids is 2. The molecule has 0 spiro atoms. The van der Waals surface area contributed by atoms with Crippen LogP contribution >= 0.6 is 27.7 Å². The molecule has 6 nitrogen and oxygen atoms in total. The van der Waals surface area contributed by atoms with Gasteiger partial charge in [0.05, 0.1) is 16.0 Å². The zero-order valence-corrected chi connectivity index (χ0v) is 25.6. The molecular weight excluding hydrogens is 642 g/mol. The Balaban J connectivity index is 0.00000420. The smallest absolute Gasteiger partial charge is 0.266 e. The number of amides is 2. The maximum Gasteiger partial charge on any atom is 0.266 e. The van der Waals surface area contributed by atoms with E-state index in [1.165, 1.54) is 23.4 Å². The standard InChI is InChI=1S/C30H30BrN3O3S.BrH/c1-2-19-37-26-14-13-24(20-25(26)31)33-28(35)21-27-29(36)34(18-16-23-11-7-4-8-12-23)30(38-27)32-17-15-22-9-5-3-6-10-22;/h3-14,20-21H,2,15-19H2,1H3,(H,33,35);1H/p-1/b27-21-,32-30?;. The topological polar surface area (TPSA) is 71.0 Å². The number of nitrogens with one attached hydrogen (secondary N) is 1. The van der Waals surface area contributed by atoms with Crippen LogP contribution in [0.15, 0.2) is 99.3 Å². The van der Waals surface area contributed by atoms with Crippen LogP contribution in [-0.4, -0.2) is 41.6 Å². The third kappa shape index (κ3) is 9.08. The Morgan fingerprint density at radius 1 is 1.03 bits per heavy atom. The number of ether oxygens (including phenoxy) is 1. The molecular formula is C30H30Br2N3O3S-. The van der Waals surface area contributed by atoms with Crippen molar-refractivity contribution >= 4 is 50.4 Å². The minimum Gasteiger partial charge on any atom is -1.00 e. The summed E-state index contributed by atoms with van der Waals surface area (Å²) < 4.78 is 6.42. The maximum absolute atomic E-state index is 13.3. The molecule has 0 aromatic heterocycles. The van der Waals surface area contributed by atoms with Gasteiger partial charge in [-0.1, -0.05) is 67.6 Å². The third-order valence-electron chi connectivity index (χ3n) is 5.77. The predicted molar refractivity (Wildman–Crippen MR) is 159 cm³/mol. The van der Waals surface area contributed by atoms with Crippen LogP contribution in [0.25, 0.3) is 0 Å². The molecule has 3 aromatic rings. The molecule has 1 saturated heterocycles. The first-order valence-corrected chi connectivity index (χ1v) is 14.2. The Hall–Kier alpha value is -2.88. The Kier molecular flexibility index (Phi) is 12.3. The van der Waals surface area contributed by atoms with Crippen molar-refractivity contribution in [1.29, 1.82) is 0 Å². The fourth-order valence-electron chi connectivity index (χ4n) is 3.84. The Morgan fingerprint density at radius 2 is 1.69 bits per heavy atom. The van der Waals surface area contributed by atoms with Crippen LogP contribution in [0.4, 0.5) is 5.69 Å². The highest BCUT2D eigenvalue weighted by Crippen LogP contribution is 2.32. The van der Waals surface area contributed by atoms with Gasteiger partial charge in [0.15, 0.2) is 5.17 Å². The molecule has 3 aromatic carbocycles. The van der Waals surface area contributed by atoms with Crippen LogP contribution < -0.4 is 27.0 Å². The number of anilines is 1. The molecule has 0 unspecified atom stereocenters. The van der Waals surface area contributed by atoms with Gasteiger partial charge in [-0.05, 0) is 76.3 Å². The van der Waals surface area contributed by atoms with Gasteiger partial charge in [0.1, 0.15) is 5.75 Å². The lowest BCUT2D eigenvalue weighted by Gasteiger charge is -2.15. The predicted octanol–water partition coefficient (Wildman–Crippen LogP) is 3.48. The highest BCUT2D eigenvalue weighted by molar-refractivity contribution is 9.10. The van der Waals surface area contributed by atoms with Crippen molar-refractivity contribution in [2.24, 2.45) is 4.99 Å². The van der Waals surface area contributed by atoms with Gasteiger partial charge in [-0.2, -0.15) is 0 Å². The lowest BCUT2D eigenvalue weighted by atomic mass is 10.1. The lowest BCUT2D eigenvalue weighted by molar-refractivity contribution is -0.122. The minimum absolute atomic E-state index is 0. The molecule has 1 N–H and O–H groups in total. The molecule has 1 aliphatic heterocycles. The van der Waals surface area contributed by atoms with E-state index < -0.39 is 0 Å². The Labute approximate surface area is 252 Å². The first kappa shape index (κ1) is 30.7. The van der Waals surface area contributed by atoms with Crippen molar-refractivity contribution in [2.45, 2.75) is 26.2 Å². The summed E-state index contributed by atoms with van der Waals surface area (Å²) in [7, 11) is 0. The number of hydrogen-bond donors (Lipinski definition) is 1. The highest BCUT2D eigenvalue weighted by atomic mass is 79.9. The summed E-state index contributed by atoms with van der Waals surface area (Å²) in [6.45, 7) is 3.71. The number of carbonyl (C=O) groups is 2. The number of hydrogen-bond acceptors (Lipinski definition) is 5. The lowest BCUT2D eigenvalue weighted by Crippen LogP contribution is -3.00. The molecule has 0 bridgehead atoms. The molecule has 0 radical (unpaired) electrons. The molecule has 204 valence electrons. The minimum atomic E-state index is -0.372. The molecule has 1 aliphatic rings. The fraction of sp³-hybridized carbons (Fsp3) is 0.233. The number of benzene rings is 3. The SMILES string of the molecule is CCCOc1ccc(NC(=O)/C=C2\SC(=NCCc3ccccc3)N(CCc3ccccc3)C2=O)cc1Br.[Br-]. The van der Waals surface area contributed by atoms with Crippen molar-refractivity contribution in [3.8, 4) is 5.75 Å². The van der Waals surface area contributed by atoms with Crippen LogP contribution in [0.1, 0.15) is 24.5 Å². The summed E-state index contributed by atoms with van der Waals surface area (Å²) in [5.74, 6) is 0.141. The molecule has 1 fully saturated rings. The second kappa shape index (κ2) is 15.6. The van der Waals surface area contributed by atoms with Crippen LogP contribution in [0, 0.1) is 0 Å². The van der Waals surface area contributed by atoms with E-state index in [-0.39, 0.29) is 28.8 Å². The molecule has 0 saturated carbocycles. The summed E-state index contributed by atoms with van der Waals surface area (Å²) in [5, 5.41) is 3.47. The molecule has 39 heavy (non-hydrogen) atoms. The molecule has 4 rings (SSSR count). The summed E-state index contributed by atoms with van der Waals surface area (Å²) >= 11 is 4.73. The Bertz CT molecular complexity index is 1320. The van der Waals surface area contributed by atoms with Crippen molar-refractivity contribution in [2.75, 3.05) is 25.0 Å². The molecule has 0 aliphatic carbocycles. The Morgan fingerprint density at radius 3 is 2.33 bits per heavy atom. The first-order chi connectivity index (χ1) is 18.5. The van der Waals surface area contributed by atoms with E-state index >= 15 is 0 Å². The number of nitrogens with zero attached hydrogens (tertiary/aromatic N) is 2. The van der Waals surface area contributed by atoms with Crippen LogP contribution in [0.3, 0.4) is 0 Å². The summed E-state index contributed by atoms with van der Waals surface area (Å²) in [6, 6.07) is 25.5. The van der Waals surface area contributed by atoms with E-state index in [0.29, 0.717) is 41.9 Å². The van der Waals surface area contributed by atoms with Gasteiger partial charge in [-0.3, -0.25) is 19.5 Å². The van der Waals surface area contributed by atoms with Gasteiger partial charge >= 0.3 is 0 Å². The number of thioether (sulfide) groups is 1. The zero-order valence-electron chi connectivity index (χ0n) is 21.6. The second-order valence-electron chi connectivity index (χ2n) is 8.69. The van der Waals surface area contributed by atoms with E-state index in [4.69, 9.17) is 9.73 Å². The molecule has 9 heteroatoms. The maximum atomic E-state index is 13.3. The highest BCUT2D eigenvalue weighted by Gasteiger charge is 2.33. The molecule has 0 atom stereocenters. The van der Waals surface area contributed by atoms with Crippen molar-refractivity contribution in [3.05, 3.63) is 105 Å². The second-order valence-corrected chi connectivity index (χ2v) is 10.5. The summed E-state index contributed by atoms with van der Waals surface area (Å²) in [6.07, 6.45) is 3.74. The van der Waals surface area contributed by atoms with Gasteiger partial charge < -0.3 is 27.0 Å². The number of amidine groups is 1. The van der Waals surface area contributed by atoms with E-state index in [1.54, 1.807) is 23.1 Å². The normalized spacial score (nSPS) is 14.9. The fourth-order valence-corrected chi connectivity index (χ4v) is 5.33. The molecule has 1 heterocycles. The average molecular weight is 672 g/mol. The quantitative estimate of drug-likeness (QED) is 0.317. The van der Waals surface area contributed by atoms with Gasteiger partial charge in [0, 0.05) is 24.9 Å². The summed E-state index contributed by atoms with van der Waals surface area (Å²) in [4.78, 5) is 32.9. The van der Waals surface area contributed by atoms with Gasteiger partial charge in [-0.25, -0.2) is 0 Å². The summed E-state index contributed by atoms with van der Waals surface area (Å²) in [5.41, 5.74) is 2.94. The van der Waals surface area contributed by atoms with Crippen LogP contribution in [-0.2, 0) is 22.4 Å². The number of halogens is 2. The monoisotopic (exact) mass is 670 g/mol. The van der Waals surface area contributed by atoms with E-state index in [1.807, 2.05) is 55.5 Å². The molecule has 2 amide bonds. The number of rotatable bonds is 11. The first-order valence-electron chi connectivity index (χ1n) is 12.6. The van der Waals surface area contributed by atoms with Crippen molar-refractivity contribution < 1.29 is 31.3 Å². The van der Waals surface area contributed by atoms with Crippen LogP contribution in [0.5, 0.6) is 5.75 Å². The van der Waals surface area contributed by atoms with Gasteiger partial charge in [0.2, 0.25) is 5.91 Å².